The first-order valence-electron chi connectivity index (χ1n) is 9.77. The number of rotatable bonds is 7. The molecule has 4 rings (SSSR count). The molecule has 160 valence electrons. The molecule has 0 saturated heterocycles. The lowest BCUT2D eigenvalue weighted by Crippen LogP contribution is -2.14. The molecule has 0 unspecified atom stereocenters. The minimum Gasteiger partial charge on any atom is -0.302 e. The maximum atomic E-state index is 12.3. The Bertz CT molecular complexity index is 1210. The highest BCUT2D eigenvalue weighted by Gasteiger charge is 2.20. The van der Waals surface area contributed by atoms with Gasteiger partial charge < -0.3 is 4.57 Å². The topological polar surface area (TPSA) is 85.6 Å². The van der Waals surface area contributed by atoms with Gasteiger partial charge in [0.25, 0.3) is 0 Å². The van der Waals surface area contributed by atoms with Gasteiger partial charge in [-0.05, 0) is 33.3 Å². The van der Waals surface area contributed by atoms with Gasteiger partial charge in [-0.1, -0.05) is 52.9 Å². The molecular formula is C21H22N6OS3. The van der Waals surface area contributed by atoms with Gasteiger partial charge in [-0.3, -0.25) is 10.1 Å². The second-order valence-electron chi connectivity index (χ2n) is 6.96. The number of nitrogens with one attached hydrogen (secondary N) is 1. The molecular weight excluding hydrogens is 448 g/mol. The maximum absolute atomic E-state index is 12.3. The number of thiophene rings is 1. The zero-order valence-electron chi connectivity index (χ0n) is 17.7. The Morgan fingerprint density at radius 1 is 1.10 bits per heavy atom. The van der Waals surface area contributed by atoms with Crippen LogP contribution in [0.1, 0.15) is 22.4 Å². The Labute approximate surface area is 193 Å². The highest BCUT2D eigenvalue weighted by atomic mass is 32.2. The van der Waals surface area contributed by atoms with Crippen molar-refractivity contribution in [3.8, 4) is 22.5 Å². The lowest BCUT2D eigenvalue weighted by Gasteiger charge is -2.09. The van der Waals surface area contributed by atoms with Crippen molar-refractivity contribution in [1.82, 2.24) is 25.0 Å². The minimum absolute atomic E-state index is 0.139. The van der Waals surface area contributed by atoms with Gasteiger partial charge in [0.1, 0.15) is 5.01 Å². The van der Waals surface area contributed by atoms with Crippen LogP contribution in [0.25, 0.3) is 22.5 Å². The summed E-state index contributed by atoms with van der Waals surface area (Å²) < 4.78 is 2.06. The number of benzene rings is 1. The molecule has 0 aliphatic rings. The third-order valence-corrected chi connectivity index (χ3v) is 7.33. The smallest absolute Gasteiger partial charge is 0.236 e. The van der Waals surface area contributed by atoms with Gasteiger partial charge in [0, 0.05) is 27.9 Å². The maximum Gasteiger partial charge on any atom is 0.236 e. The summed E-state index contributed by atoms with van der Waals surface area (Å²) in [5.41, 5.74) is 4.66. The fourth-order valence-electron chi connectivity index (χ4n) is 3.21. The Morgan fingerprint density at radius 2 is 1.87 bits per heavy atom. The molecule has 0 spiro atoms. The van der Waals surface area contributed by atoms with Crippen LogP contribution in [0.4, 0.5) is 5.13 Å². The summed E-state index contributed by atoms with van der Waals surface area (Å²) in [5, 5.41) is 23.7. The molecule has 1 N–H and O–H groups in total. The van der Waals surface area contributed by atoms with Gasteiger partial charge in [-0.25, -0.2) is 0 Å². The van der Waals surface area contributed by atoms with E-state index in [2.05, 4.69) is 80.7 Å². The van der Waals surface area contributed by atoms with Gasteiger partial charge in [0.15, 0.2) is 11.0 Å². The molecule has 1 aromatic carbocycles. The third kappa shape index (κ3) is 4.70. The highest BCUT2D eigenvalue weighted by Crippen LogP contribution is 2.39. The molecule has 31 heavy (non-hydrogen) atoms. The SMILES string of the molecule is CCn1c(SCC(=O)Nc2nnc(C)s2)nnc1-c1csc(C)c1-c1ccc(C)cc1. The minimum atomic E-state index is -0.139. The first-order valence-corrected chi connectivity index (χ1v) is 12.5. The Hall–Kier alpha value is -2.56. The van der Waals surface area contributed by atoms with Crippen molar-refractivity contribution in [2.24, 2.45) is 0 Å². The number of hydrogen-bond acceptors (Lipinski definition) is 8. The number of amides is 1. The van der Waals surface area contributed by atoms with E-state index in [9.17, 15) is 4.79 Å². The van der Waals surface area contributed by atoms with E-state index in [1.54, 1.807) is 11.3 Å². The van der Waals surface area contributed by atoms with Crippen LogP contribution < -0.4 is 5.32 Å². The Morgan fingerprint density at radius 3 is 2.55 bits per heavy atom. The quantitative estimate of drug-likeness (QED) is 0.374. The van der Waals surface area contributed by atoms with Crippen LogP contribution in [0.3, 0.4) is 0 Å². The van der Waals surface area contributed by atoms with Crippen molar-refractivity contribution in [2.75, 3.05) is 11.1 Å². The van der Waals surface area contributed by atoms with E-state index in [1.807, 2.05) is 6.92 Å². The highest BCUT2D eigenvalue weighted by molar-refractivity contribution is 7.99. The molecule has 0 fully saturated rings. The Balaban J connectivity index is 1.56. The molecule has 0 atom stereocenters. The largest absolute Gasteiger partial charge is 0.302 e. The van der Waals surface area contributed by atoms with Crippen molar-refractivity contribution in [2.45, 2.75) is 39.4 Å². The number of thioether (sulfide) groups is 1. The fourth-order valence-corrected chi connectivity index (χ4v) is 5.48. The molecule has 0 saturated carbocycles. The van der Waals surface area contributed by atoms with E-state index < -0.39 is 0 Å². The summed E-state index contributed by atoms with van der Waals surface area (Å²) in [4.78, 5) is 13.5. The fraction of sp³-hybridized carbons (Fsp3) is 0.286. The molecule has 0 aliphatic heterocycles. The zero-order chi connectivity index (χ0) is 22.0. The number of aromatic nitrogens is 5. The van der Waals surface area contributed by atoms with Crippen LogP contribution in [-0.4, -0.2) is 36.6 Å². The van der Waals surface area contributed by atoms with Gasteiger partial charge in [0.2, 0.25) is 11.0 Å². The molecule has 3 aromatic heterocycles. The monoisotopic (exact) mass is 470 g/mol. The molecule has 1 amide bonds. The summed E-state index contributed by atoms with van der Waals surface area (Å²) in [6.45, 7) is 8.84. The molecule has 0 bridgehead atoms. The summed E-state index contributed by atoms with van der Waals surface area (Å²) in [7, 11) is 0. The lowest BCUT2D eigenvalue weighted by molar-refractivity contribution is -0.113. The average Bonchev–Trinajstić information content (AvgIpc) is 3.45. The van der Waals surface area contributed by atoms with E-state index in [0.29, 0.717) is 11.7 Å². The number of hydrogen-bond donors (Lipinski definition) is 1. The molecule has 0 aliphatic carbocycles. The zero-order valence-corrected chi connectivity index (χ0v) is 20.1. The number of nitrogens with zero attached hydrogens (tertiary/aromatic N) is 5. The standard InChI is InChI=1S/C21H22N6OS3/c1-5-27-19(16-10-29-13(3)18(16)15-8-6-12(2)7-9-15)24-26-21(27)30-11-17(28)22-20-25-23-14(4)31-20/h6-10H,5,11H2,1-4H3,(H,22,25,28). The first-order chi connectivity index (χ1) is 15.0. The molecule has 3 heterocycles. The second kappa shape index (κ2) is 9.29. The molecule has 4 aromatic rings. The van der Waals surface area contributed by atoms with Crippen LogP contribution >= 0.6 is 34.4 Å². The normalized spacial score (nSPS) is 11.1. The van der Waals surface area contributed by atoms with E-state index in [0.717, 1.165) is 21.6 Å². The van der Waals surface area contributed by atoms with E-state index in [-0.39, 0.29) is 11.7 Å². The summed E-state index contributed by atoms with van der Waals surface area (Å²) in [6.07, 6.45) is 0. The summed E-state index contributed by atoms with van der Waals surface area (Å²) in [6, 6.07) is 8.55. The van der Waals surface area contributed by atoms with Crippen LogP contribution in [0.5, 0.6) is 0 Å². The van der Waals surface area contributed by atoms with Crippen molar-refractivity contribution in [1.29, 1.82) is 0 Å². The van der Waals surface area contributed by atoms with Crippen LogP contribution in [0.2, 0.25) is 0 Å². The summed E-state index contributed by atoms with van der Waals surface area (Å²) in [5.74, 6) is 0.912. The van der Waals surface area contributed by atoms with Crippen molar-refractivity contribution < 1.29 is 4.79 Å². The van der Waals surface area contributed by atoms with Gasteiger partial charge in [-0.2, -0.15) is 0 Å². The number of anilines is 1. The van der Waals surface area contributed by atoms with E-state index >= 15 is 0 Å². The molecule has 7 nitrogen and oxygen atoms in total. The van der Waals surface area contributed by atoms with Gasteiger partial charge >= 0.3 is 0 Å². The Kier molecular flexibility index (Phi) is 6.49. The molecule has 10 heteroatoms. The predicted octanol–water partition coefficient (Wildman–Crippen LogP) is 5.20. The number of carbonyl (C=O) groups excluding carboxylic acids is 1. The second-order valence-corrected chi connectivity index (χ2v) is 10.2. The first kappa shape index (κ1) is 21.7. The van der Waals surface area contributed by atoms with Crippen LogP contribution in [-0.2, 0) is 11.3 Å². The lowest BCUT2D eigenvalue weighted by atomic mass is 10.0. The predicted molar refractivity (Wildman–Crippen MR) is 128 cm³/mol. The third-order valence-electron chi connectivity index (χ3n) is 4.69. The van der Waals surface area contributed by atoms with Gasteiger partial charge in [-0.15, -0.1) is 31.7 Å². The number of aryl methyl sites for hydroxylation is 3. The van der Waals surface area contributed by atoms with Crippen LogP contribution in [0, 0.1) is 20.8 Å². The summed E-state index contributed by atoms with van der Waals surface area (Å²) >= 11 is 4.43. The molecule has 0 radical (unpaired) electrons. The van der Waals surface area contributed by atoms with E-state index in [1.165, 1.54) is 44.7 Å². The van der Waals surface area contributed by atoms with Crippen molar-refractivity contribution >= 4 is 45.5 Å². The number of carbonyl (C=O) groups is 1. The van der Waals surface area contributed by atoms with Crippen molar-refractivity contribution in [3.05, 3.63) is 45.1 Å². The van der Waals surface area contributed by atoms with E-state index in [4.69, 9.17) is 0 Å². The van der Waals surface area contributed by atoms with Crippen LogP contribution in [0.15, 0.2) is 34.8 Å². The van der Waals surface area contributed by atoms with Gasteiger partial charge in [0.05, 0.1) is 5.75 Å². The van der Waals surface area contributed by atoms with Crippen molar-refractivity contribution in [3.63, 3.8) is 0 Å². The average molecular weight is 471 g/mol.